The molecule has 0 aromatic carbocycles. The van der Waals surface area contributed by atoms with Crippen LogP contribution in [0.3, 0.4) is 0 Å². The van der Waals surface area contributed by atoms with Crippen LogP contribution in [-0.2, 0) is 0 Å². The maximum Gasteiger partial charge on any atom is 0.253 e. The Balaban J connectivity index is 2.94. The van der Waals surface area contributed by atoms with Gasteiger partial charge < -0.3 is 0 Å². The predicted octanol–water partition coefficient (Wildman–Crippen LogP) is 1.03. The van der Waals surface area contributed by atoms with E-state index in [4.69, 9.17) is 0 Å². The van der Waals surface area contributed by atoms with Crippen molar-refractivity contribution in [3.63, 3.8) is 0 Å². The minimum absolute atomic E-state index is 0.600. The molecule has 2 heterocycles. The van der Waals surface area contributed by atoms with Gasteiger partial charge in [0, 0.05) is 11.3 Å². The molecule has 0 atom stereocenters. The summed E-state index contributed by atoms with van der Waals surface area (Å²) < 4.78 is 1.62. The zero-order valence-electron chi connectivity index (χ0n) is 6.81. The van der Waals surface area contributed by atoms with Gasteiger partial charge in [0.1, 0.15) is 11.4 Å². The summed E-state index contributed by atoms with van der Waals surface area (Å²) >= 11 is 4.32. The van der Waals surface area contributed by atoms with Gasteiger partial charge in [-0.05, 0) is 13.8 Å². The molecular formula is C7H8N4S. The summed E-state index contributed by atoms with van der Waals surface area (Å²) in [6.07, 6.45) is 1.47. The molecule has 0 spiro atoms. The van der Waals surface area contributed by atoms with Crippen molar-refractivity contribution in [2.45, 2.75) is 18.9 Å². The first-order chi connectivity index (χ1) is 5.70. The quantitative estimate of drug-likeness (QED) is 0.486. The lowest BCUT2D eigenvalue weighted by molar-refractivity contribution is 0.817. The largest absolute Gasteiger partial charge is 0.253 e. The summed E-state index contributed by atoms with van der Waals surface area (Å²) in [5.74, 6) is 0.600. The van der Waals surface area contributed by atoms with Gasteiger partial charge in [0.25, 0.3) is 5.78 Å². The van der Waals surface area contributed by atoms with Gasteiger partial charge in [-0.15, -0.1) is 12.6 Å². The molecule has 2 aromatic rings. The van der Waals surface area contributed by atoms with E-state index in [1.165, 1.54) is 6.33 Å². The van der Waals surface area contributed by atoms with Gasteiger partial charge in [-0.1, -0.05) is 0 Å². The summed E-state index contributed by atoms with van der Waals surface area (Å²) in [6.45, 7) is 3.90. The molecule has 5 heteroatoms. The van der Waals surface area contributed by atoms with Crippen LogP contribution in [0.15, 0.2) is 11.4 Å². The Morgan fingerprint density at radius 1 is 1.42 bits per heavy atom. The first kappa shape index (κ1) is 7.54. The summed E-state index contributed by atoms with van der Waals surface area (Å²) in [5, 5.41) is 4.79. The molecule has 2 aromatic heterocycles. The van der Waals surface area contributed by atoms with E-state index in [1.54, 1.807) is 4.52 Å². The number of hydrogen-bond acceptors (Lipinski definition) is 4. The molecule has 0 unspecified atom stereocenters. The van der Waals surface area contributed by atoms with Crippen LogP contribution in [0.2, 0.25) is 0 Å². The third-order valence-corrected chi connectivity index (χ3v) is 2.40. The van der Waals surface area contributed by atoms with Gasteiger partial charge >= 0.3 is 0 Å². The number of thiol groups is 1. The minimum Gasteiger partial charge on any atom is -0.216 e. The number of aromatic nitrogens is 4. The van der Waals surface area contributed by atoms with Crippen LogP contribution in [0.25, 0.3) is 5.78 Å². The second-order valence-corrected chi connectivity index (χ2v) is 3.04. The van der Waals surface area contributed by atoms with Crippen molar-refractivity contribution in [2.75, 3.05) is 0 Å². The van der Waals surface area contributed by atoms with Crippen LogP contribution in [0.4, 0.5) is 0 Å². The number of aryl methyl sites for hydroxylation is 1. The Morgan fingerprint density at radius 2 is 2.17 bits per heavy atom. The first-order valence-electron chi connectivity index (χ1n) is 3.56. The van der Waals surface area contributed by atoms with E-state index in [0.29, 0.717) is 5.78 Å². The Kier molecular flexibility index (Phi) is 1.54. The van der Waals surface area contributed by atoms with Gasteiger partial charge in [-0.3, -0.25) is 0 Å². The lowest BCUT2D eigenvalue weighted by Gasteiger charge is -2.03. The third-order valence-electron chi connectivity index (χ3n) is 1.88. The fourth-order valence-electron chi connectivity index (χ4n) is 1.02. The molecule has 0 aliphatic heterocycles. The molecule has 12 heavy (non-hydrogen) atoms. The Bertz CT molecular complexity index is 434. The van der Waals surface area contributed by atoms with Gasteiger partial charge in [-0.25, -0.2) is 4.98 Å². The zero-order chi connectivity index (χ0) is 8.72. The van der Waals surface area contributed by atoms with E-state index in [1.807, 2.05) is 13.8 Å². The van der Waals surface area contributed by atoms with E-state index in [-0.39, 0.29) is 0 Å². The Labute approximate surface area is 75.1 Å². The summed E-state index contributed by atoms with van der Waals surface area (Å²) in [6, 6.07) is 0. The molecule has 0 fully saturated rings. The molecule has 0 bridgehead atoms. The van der Waals surface area contributed by atoms with Crippen molar-refractivity contribution >= 4 is 18.4 Å². The summed E-state index contributed by atoms with van der Waals surface area (Å²) in [5.41, 5.74) is 1.98. The van der Waals surface area contributed by atoms with E-state index in [0.717, 1.165) is 16.3 Å². The van der Waals surface area contributed by atoms with Crippen LogP contribution in [-0.4, -0.2) is 19.6 Å². The molecule has 62 valence electrons. The molecule has 0 saturated heterocycles. The highest BCUT2D eigenvalue weighted by molar-refractivity contribution is 7.80. The number of hydrogen-bond donors (Lipinski definition) is 1. The van der Waals surface area contributed by atoms with Crippen LogP contribution in [0, 0.1) is 13.8 Å². The predicted molar refractivity (Wildman–Crippen MR) is 47.5 cm³/mol. The fourth-order valence-corrected chi connectivity index (χ4v) is 1.32. The summed E-state index contributed by atoms with van der Waals surface area (Å²) in [4.78, 5) is 8.21. The lowest BCUT2D eigenvalue weighted by atomic mass is 10.3. The van der Waals surface area contributed by atoms with Crippen molar-refractivity contribution in [1.82, 2.24) is 19.6 Å². The standard InChI is InChI=1S/C7H8N4S/c1-4-5(2)10-7-8-3-9-11(7)6(4)12/h3,12H,1-2H3. The third kappa shape index (κ3) is 0.896. The average molecular weight is 180 g/mol. The monoisotopic (exact) mass is 180 g/mol. The second kappa shape index (κ2) is 2.45. The molecule has 4 nitrogen and oxygen atoms in total. The number of nitrogens with zero attached hydrogens (tertiary/aromatic N) is 4. The van der Waals surface area contributed by atoms with E-state index < -0.39 is 0 Å². The van der Waals surface area contributed by atoms with Crippen molar-refractivity contribution in [3.8, 4) is 0 Å². The average Bonchev–Trinajstić information content (AvgIpc) is 2.48. The van der Waals surface area contributed by atoms with Crippen molar-refractivity contribution in [3.05, 3.63) is 17.6 Å². The van der Waals surface area contributed by atoms with Crippen LogP contribution < -0.4 is 0 Å². The SMILES string of the molecule is Cc1nc2ncnn2c(S)c1C. The van der Waals surface area contributed by atoms with Crippen LogP contribution in [0.1, 0.15) is 11.3 Å². The highest BCUT2D eigenvalue weighted by atomic mass is 32.1. The van der Waals surface area contributed by atoms with E-state index in [2.05, 4.69) is 27.7 Å². The summed E-state index contributed by atoms with van der Waals surface area (Å²) in [7, 11) is 0. The van der Waals surface area contributed by atoms with Gasteiger partial charge in [0.2, 0.25) is 0 Å². The highest BCUT2D eigenvalue weighted by Crippen LogP contribution is 2.14. The molecule has 0 aliphatic rings. The van der Waals surface area contributed by atoms with Crippen molar-refractivity contribution < 1.29 is 0 Å². The zero-order valence-corrected chi connectivity index (χ0v) is 7.71. The van der Waals surface area contributed by atoms with Crippen LogP contribution in [0.5, 0.6) is 0 Å². The molecular weight excluding hydrogens is 172 g/mol. The van der Waals surface area contributed by atoms with Gasteiger partial charge in [0.15, 0.2) is 0 Å². The minimum atomic E-state index is 0.600. The Morgan fingerprint density at radius 3 is 2.92 bits per heavy atom. The van der Waals surface area contributed by atoms with Crippen LogP contribution >= 0.6 is 12.6 Å². The maximum absolute atomic E-state index is 4.32. The fraction of sp³-hybridized carbons (Fsp3) is 0.286. The molecule has 2 rings (SSSR count). The molecule has 0 aliphatic carbocycles. The number of fused-ring (bicyclic) bond motifs is 1. The normalized spacial score (nSPS) is 10.9. The Hall–Kier alpha value is -1.10. The molecule has 0 saturated carbocycles. The maximum atomic E-state index is 4.32. The lowest BCUT2D eigenvalue weighted by Crippen LogP contribution is -1.99. The van der Waals surface area contributed by atoms with Gasteiger partial charge in [-0.2, -0.15) is 14.6 Å². The molecule has 0 amide bonds. The smallest absolute Gasteiger partial charge is 0.216 e. The first-order valence-corrected chi connectivity index (χ1v) is 4.01. The topological polar surface area (TPSA) is 43.1 Å². The van der Waals surface area contributed by atoms with Crippen molar-refractivity contribution in [2.24, 2.45) is 0 Å². The van der Waals surface area contributed by atoms with E-state index >= 15 is 0 Å². The van der Waals surface area contributed by atoms with Crippen molar-refractivity contribution in [1.29, 1.82) is 0 Å². The number of rotatable bonds is 0. The molecule has 0 N–H and O–H groups in total. The van der Waals surface area contributed by atoms with E-state index in [9.17, 15) is 0 Å². The highest BCUT2D eigenvalue weighted by Gasteiger charge is 2.06. The second-order valence-electron chi connectivity index (χ2n) is 2.62. The molecule has 0 radical (unpaired) electrons. The van der Waals surface area contributed by atoms with Gasteiger partial charge in [0.05, 0.1) is 0 Å².